The lowest BCUT2D eigenvalue weighted by Gasteiger charge is -2.14. The minimum atomic E-state index is 0.558. The van der Waals surface area contributed by atoms with Gasteiger partial charge in [-0.2, -0.15) is 0 Å². The molecule has 0 radical (unpaired) electrons. The lowest BCUT2D eigenvalue weighted by atomic mass is 10.2. The minimum absolute atomic E-state index is 0.558. The van der Waals surface area contributed by atoms with E-state index in [4.69, 9.17) is 21.1 Å². The fourth-order valence-electron chi connectivity index (χ4n) is 2.58. The summed E-state index contributed by atoms with van der Waals surface area (Å²) in [5.41, 5.74) is 2.48. The monoisotopic (exact) mass is 352 g/mol. The summed E-state index contributed by atoms with van der Waals surface area (Å²) in [6, 6.07) is 26.1. The molecule has 0 unspecified atom stereocenters. The number of para-hydroxylation sites is 1. The first-order valence-corrected chi connectivity index (χ1v) is 8.83. The third kappa shape index (κ3) is 5.27. The second-order valence-electron chi connectivity index (χ2n) is 5.74. The molecule has 0 amide bonds. The Kier molecular flexibility index (Phi) is 6.35. The standard InChI is InChI=1S/C22H21ClO2/c23-20-12-7-13-21(24-16-14-18-8-3-1-4-9-18)22(20)25-17-15-19-10-5-2-6-11-19/h1-13H,14-17H2. The van der Waals surface area contributed by atoms with Gasteiger partial charge >= 0.3 is 0 Å². The molecular formula is C22H21ClO2. The highest BCUT2D eigenvalue weighted by Crippen LogP contribution is 2.35. The Balaban J connectivity index is 1.57. The smallest absolute Gasteiger partial charge is 0.179 e. The second kappa shape index (κ2) is 9.14. The van der Waals surface area contributed by atoms with Gasteiger partial charge in [0.25, 0.3) is 0 Å². The molecule has 0 spiro atoms. The van der Waals surface area contributed by atoms with Crippen LogP contribution in [0.1, 0.15) is 11.1 Å². The summed E-state index contributed by atoms with van der Waals surface area (Å²) in [6.45, 7) is 1.14. The Morgan fingerprint density at radius 1 is 0.600 bits per heavy atom. The van der Waals surface area contributed by atoms with E-state index in [1.165, 1.54) is 11.1 Å². The molecule has 0 heterocycles. The molecule has 3 aromatic rings. The minimum Gasteiger partial charge on any atom is -0.489 e. The van der Waals surface area contributed by atoms with Gasteiger partial charge in [0.1, 0.15) is 0 Å². The van der Waals surface area contributed by atoms with E-state index in [0.29, 0.717) is 29.7 Å². The second-order valence-corrected chi connectivity index (χ2v) is 6.14. The normalized spacial score (nSPS) is 10.4. The topological polar surface area (TPSA) is 18.5 Å². The zero-order valence-electron chi connectivity index (χ0n) is 14.0. The summed E-state index contributed by atoms with van der Waals surface area (Å²) in [4.78, 5) is 0. The maximum atomic E-state index is 6.30. The van der Waals surface area contributed by atoms with Gasteiger partial charge in [-0.1, -0.05) is 78.3 Å². The van der Waals surface area contributed by atoms with Gasteiger partial charge in [0.2, 0.25) is 0 Å². The number of halogens is 1. The van der Waals surface area contributed by atoms with Crippen LogP contribution in [-0.4, -0.2) is 13.2 Å². The Labute approximate surface area is 154 Å². The van der Waals surface area contributed by atoms with Crippen molar-refractivity contribution in [3.05, 3.63) is 95.0 Å². The fourth-order valence-corrected chi connectivity index (χ4v) is 2.80. The van der Waals surface area contributed by atoms with Crippen LogP contribution >= 0.6 is 11.6 Å². The van der Waals surface area contributed by atoms with Crippen molar-refractivity contribution in [2.45, 2.75) is 12.8 Å². The zero-order valence-corrected chi connectivity index (χ0v) is 14.8. The van der Waals surface area contributed by atoms with E-state index >= 15 is 0 Å². The highest BCUT2D eigenvalue weighted by Gasteiger charge is 2.10. The number of benzene rings is 3. The van der Waals surface area contributed by atoms with E-state index in [1.54, 1.807) is 0 Å². The molecule has 0 bridgehead atoms. The molecular weight excluding hydrogens is 332 g/mol. The molecule has 0 N–H and O–H groups in total. The number of hydrogen-bond donors (Lipinski definition) is 0. The van der Waals surface area contributed by atoms with Crippen molar-refractivity contribution in [1.82, 2.24) is 0 Å². The SMILES string of the molecule is Clc1cccc(OCCc2ccccc2)c1OCCc1ccccc1. The van der Waals surface area contributed by atoms with Gasteiger partial charge in [0.15, 0.2) is 11.5 Å². The molecule has 2 nitrogen and oxygen atoms in total. The highest BCUT2D eigenvalue weighted by molar-refractivity contribution is 6.32. The quantitative estimate of drug-likeness (QED) is 0.526. The van der Waals surface area contributed by atoms with Crippen molar-refractivity contribution in [2.24, 2.45) is 0 Å². The van der Waals surface area contributed by atoms with Gasteiger partial charge in [-0.25, -0.2) is 0 Å². The van der Waals surface area contributed by atoms with Crippen molar-refractivity contribution in [1.29, 1.82) is 0 Å². The summed E-state index contributed by atoms with van der Waals surface area (Å²) >= 11 is 6.30. The lowest BCUT2D eigenvalue weighted by Crippen LogP contribution is -2.06. The molecule has 25 heavy (non-hydrogen) atoms. The van der Waals surface area contributed by atoms with Gasteiger partial charge in [0, 0.05) is 12.8 Å². The average Bonchev–Trinajstić information content (AvgIpc) is 2.65. The van der Waals surface area contributed by atoms with Crippen LogP contribution in [0, 0.1) is 0 Å². The summed E-state index contributed by atoms with van der Waals surface area (Å²) in [5.74, 6) is 1.31. The van der Waals surface area contributed by atoms with E-state index in [1.807, 2.05) is 54.6 Å². The Morgan fingerprint density at radius 2 is 1.16 bits per heavy atom. The lowest BCUT2D eigenvalue weighted by molar-refractivity contribution is 0.272. The molecule has 0 aliphatic heterocycles. The maximum Gasteiger partial charge on any atom is 0.179 e. The first-order valence-electron chi connectivity index (χ1n) is 8.45. The molecule has 3 heteroatoms. The molecule has 0 atom stereocenters. The molecule has 0 fully saturated rings. The van der Waals surface area contributed by atoms with Crippen molar-refractivity contribution in [3.63, 3.8) is 0 Å². The molecule has 3 aromatic carbocycles. The number of ether oxygens (including phenoxy) is 2. The van der Waals surface area contributed by atoms with E-state index in [-0.39, 0.29) is 0 Å². The van der Waals surface area contributed by atoms with Gasteiger partial charge in [-0.3, -0.25) is 0 Å². The van der Waals surface area contributed by atoms with Crippen molar-refractivity contribution in [2.75, 3.05) is 13.2 Å². The predicted octanol–water partition coefficient (Wildman–Crippen LogP) is 5.58. The fraction of sp³-hybridized carbons (Fsp3) is 0.182. The molecule has 0 saturated carbocycles. The van der Waals surface area contributed by atoms with Gasteiger partial charge in [-0.05, 0) is 23.3 Å². The van der Waals surface area contributed by atoms with Crippen LogP contribution in [0.3, 0.4) is 0 Å². The third-order valence-electron chi connectivity index (χ3n) is 3.90. The van der Waals surface area contributed by atoms with Crippen LogP contribution in [0.2, 0.25) is 5.02 Å². The molecule has 0 aliphatic rings. The van der Waals surface area contributed by atoms with Crippen LogP contribution in [0.15, 0.2) is 78.9 Å². The first kappa shape index (κ1) is 17.4. The van der Waals surface area contributed by atoms with Crippen molar-refractivity contribution < 1.29 is 9.47 Å². The Bertz CT molecular complexity index is 773. The summed E-state index contributed by atoms with van der Waals surface area (Å²) in [6.07, 6.45) is 1.67. The summed E-state index contributed by atoms with van der Waals surface area (Å²) < 4.78 is 11.8. The molecule has 3 rings (SSSR count). The van der Waals surface area contributed by atoms with E-state index in [9.17, 15) is 0 Å². The van der Waals surface area contributed by atoms with E-state index < -0.39 is 0 Å². The Hall–Kier alpha value is -2.45. The molecule has 0 aliphatic carbocycles. The van der Waals surface area contributed by atoms with Crippen molar-refractivity contribution in [3.8, 4) is 11.5 Å². The first-order chi connectivity index (χ1) is 12.3. The summed E-state index contributed by atoms with van der Waals surface area (Å²) in [5, 5.41) is 0.574. The predicted molar refractivity (Wildman–Crippen MR) is 103 cm³/mol. The van der Waals surface area contributed by atoms with Crippen molar-refractivity contribution >= 4 is 11.6 Å². The maximum absolute atomic E-state index is 6.30. The van der Waals surface area contributed by atoms with Crippen LogP contribution in [0.4, 0.5) is 0 Å². The third-order valence-corrected chi connectivity index (χ3v) is 4.20. The molecule has 128 valence electrons. The van der Waals surface area contributed by atoms with Gasteiger partial charge < -0.3 is 9.47 Å². The highest BCUT2D eigenvalue weighted by atomic mass is 35.5. The van der Waals surface area contributed by atoms with Crippen LogP contribution in [-0.2, 0) is 12.8 Å². The molecule has 0 saturated heterocycles. The van der Waals surface area contributed by atoms with Crippen LogP contribution in [0.5, 0.6) is 11.5 Å². The largest absolute Gasteiger partial charge is 0.489 e. The van der Waals surface area contributed by atoms with E-state index in [2.05, 4.69) is 24.3 Å². The summed E-state index contributed by atoms with van der Waals surface area (Å²) in [7, 11) is 0. The van der Waals surface area contributed by atoms with E-state index in [0.717, 1.165) is 12.8 Å². The van der Waals surface area contributed by atoms with Crippen LogP contribution < -0.4 is 9.47 Å². The van der Waals surface area contributed by atoms with Gasteiger partial charge in [-0.15, -0.1) is 0 Å². The number of hydrogen-bond acceptors (Lipinski definition) is 2. The number of rotatable bonds is 8. The van der Waals surface area contributed by atoms with Gasteiger partial charge in [0.05, 0.1) is 18.2 Å². The van der Waals surface area contributed by atoms with Crippen LogP contribution in [0.25, 0.3) is 0 Å². The molecule has 0 aromatic heterocycles. The average molecular weight is 353 g/mol. The zero-order chi connectivity index (χ0) is 17.3. The Morgan fingerprint density at radius 3 is 1.76 bits per heavy atom.